The molecule has 0 fully saturated rings. The molecule has 0 unspecified atom stereocenters. The number of hydrogen-bond acceptors (Lipinski definition) is 4. The Kier molecular flexibility index (Phi) is 7.24. The highest BCUT2D eigenvalue weighted by Gasteiger charge is 2.29. The molecular formula is C17H17AlCl4N2O2. The van der Waals surface area contributed by atoms with E-state index in [0.717, 1.165) is 24.2 Å². The molecule has 0 bridgehead atoms. The number of rotatable bonds is 0. The van der Waals surface area contributed by atoms with Crippen molar-refractivity contribution in [2.45, 2.75) is 18.9 Å². The Morgan fingerprint density at radius 1 is 0.769 bits per heavy atom. The minimum absolute atomic E-state index is 0.465. The molecule has 0 atom stereocenters. The van der Waals surface area contributed by atoms with Crippen molar-refractivity contribution < 1.29 is 7.58 Å². The first kappa shape index (κ1) is 20.4. The molecule has 1 aliphatic rings. The molecule has 2 aromatic rings. The normalized spacial score (nSPS) is 15.5. The summed E-state index contributed by atoms with van der Waals surface area (Å²) in [5.74, 6) is 3.12. The lowest BCUT2D eigenvalue weighted by Crippen LogP contribution is -2.27. The fraction of sp³-hybridized carbons (Fsp3) is 0.294. The fourth-order valence-electron chi connectivity index (χ4n) is 2.73. The van der Waals surface area contributed by atoms with Crippen LogP contribution in [0, 0.1) is 0 Å². The number of nitrogens with one attached hydrogen (secondary N) is 2. The lowest BCUT2D eigenvalue weighted by atomic mass is 10.2. The molecule has 138 valence electrons. The molecule has 1 heterocycles. The molecule has 4 nitrogen and oxygen atoms in total. The zero-order chi connectivity index (χ0) is 18.7. The lowest BCUT2D eigenvalue weighted by molar-refractivity contribution is 0.425. The molecule has 0 radical (unpaired) electrons. The maximum Gasteiger partial charge on any atom is 0.853 e. The van der Waals surface area contributed by atoms with Crippen molar-refractivity contribution in [3.63, 3.8) is 0 Å². The molecule has 26 heavy (non-hydrogen) atoms. The van der Waals surface area contributed by atoms with E-state index in [1.807, 2.05) is 17.9 Å². The average molecular weight is 450 g/mol. The van der Waals surface area contributed by atoms with Crippen LogP contribution in [0.2, 0.25) is 25.9 Å². The Morgan fingerprint density at radius 3 is 1.62 bits per heavy atom. The SMILES string of the molecule is [CH3][Al]1[O]c2c(Cl)cc(Cl)cc2CNCCNCc2cc(Cl)cc(Cl)c2[O]1. The van der Waals surface area contributed by atoms with Crippen LogP contribution in [0.3, 0.4) is 0 Å². The zero-order valence-corrected chi connectivity index (χ0v) is 18.2. The van der Waals surface area contributed by atoms with Crippen molar-refractivity contribution in [2.75, 3.05) is 13.1 Å². The highest BCUT2D eigenvalue weighted by Crippen LogP contribution is 2.35. The minimum atomic E-state index is -2.14. The highest BCUT2D eigenvalue weighted by atomic mass is 35.5. The Bertz CT molecular complexity index is 741. The summed E-state index contributed by atoms with van der Waals surface area (Å²) in [6.07, 6.45) is 0. The molecule has 1 aliphatic heterocycles. The van der Waals surface area contributed by atoms with Crippen molar-refractivity contribution in [3.05, 3.63) is 55.5 Å². The molecule has 0 spiro atoms. The Balaban J connectivity index is 1.96. The van der Waals surface area contributed by atoms with Crippen molar-refractivity contribution in [1.82, 2.24) is 10.6 Å². The Labute approximate surface area is 177 Å². The van der Waals surface area contributed by atoms with Gasteiger partial charge in [-0.15, -0.1) is 0 Å². The van der Waals surface area contributed by atoms with E-state index < -0.39 is 14.8 Å². The quantitative estimate of drug-likeness (QED) is 0.551. The van der Waals surface area contributed by atoms with Gasteiger partial charge in [0.15, 0.2) is 0 Å². The van der Waals surface area contributed by atoms with Crippen LogP contribution in [0.25, 0.3) is 0 Å². The largest absolute Gasteiger partial charge is 0.853 e. The van der Waals surface area contributed by atoms with E-state index in [2.05, 4.69) is 10.6 Å². The van der Waals surface area contributed by atoms with Crippen LogP contribution in [-0.4, -0.2) is 27.9 Å². The summed E-state index contributed by atoms with van der Waals surface area (Å²) in [5.41, 5.74) is 1.79. The van der Waals surface area contributed by atoms with Gasteiger partial charge in [-0.25, -0.2) is 0 Å². The van der Waals surface area contributed by atoms with E-state index in [-0.39, 0.29) is 0 Å². The fourth-order valence-corrected chi connectivity index (χ4v) is 5.31. The molecule has 2 N–H and O–H groups in total. The van der Waals surface area contributed by atoms with Gasteiger partial charge in [0.25, 0.3) is 0 Å². The number of halogens is 4. The highest BCUT2D eigenvalue weighted by molar-refractivity contribution is 6.46. The summed E-state index contributed by atoms with van der Waals surface area (Å²) in [7, 11) is 0. The van der Waals surface area contributed by atoms with Gasteiger partial charge >= 0.3 is 14.8 Å². The molecule has 2 aromatic carbocycles. The second kappa shape index (κ2) is 9.23. The van der Waals surface area contributed by atoms with Crippen LogP contribution in [0.5, 0.6) is 11.5 Å². The van der Waals surface area contributed by atoms with Gasteiger partial charge in [0.2, 0.25) is 0 Å². The van der Waals surface area contributed by atoms with Crippen molar-refractivity contribution in [3.8, 4) is 11.5 Å². The van der Waals surface area contributed by atoms with Crippen molar-refractivity contribution >= 4 is 61.2 Å². The lowest BCUT2D eigenvalue weighted by Gasteiger charge is -2.20. The van der Waals surface area contributed by atoms with Gasteiger partial charge in [-0.3, -0.25) is 0 Å². The number of fused-ring (bicyclic) bond motifs is 2. The molecule has 0 saturated heterocycles. The van der Waals surface area contributed by atoms with E-state index in [4.69, 9.17) is 54.0 Å². The van der Waals surface area contributed by atoms with Gasteiger partial charge in [0.1, 0.15) is 11.5 Å². The molecule has 9 heteroatoms. The van der Waals surface area contributed by atoms with Crippen LogP contribution >= 0.6 is 46.4 Å². The summed E-state index contributed by atoms with van der Waals surface area (Å²) < 4.78 is 12.2. The first-order valence-corrected chi connectivity index (χ1v) is 11.8. The van der Waals surface area contributed by atoms with Gasteiger partial charge in [-0.1, -0.05) is 46.4 Å². The summed E-state index contributed by atoms with van der Waals surface area (Å²) in [6.45, 7) is 2.72. The van der Waals surface area contributed by atoms with Crippen LogP contribution in [0.4, 0.5) is 0 Å². The van der Waals surface area contributed by atoms with E-state index in [0.29, 0.717) is 44.7 Å². The third-order valence-electron chi connectivity index (χ3n) is 3.85. The summed E-state index contributed by atoms with van der Waals surface area (Å²) in [5, 5.41) is 8.79. The van der Waals surface area contributed by atoms with Gasteiger partial charge in [0.05, 0.1) is 10.0 Å². The average Bonchev–Trinajstić information content (AvgIpc) is 2.57. The molecule has 0 saturated carbocycles. The smallest absolute Gasteiger partial charge is 0.611 e. The van der Waals surface area contributed by atoms with Crippen molar-refractivity contribution in [1.29, 1.82) is 0 Å². The molecule has 0 aliphatic carbocycles. The van der Waals surface area contributed by atoms with Crippen LogP contribution in [0.15, 0.2) is 24.3 Å². The van der Waals surface area contributed by atoms with Crippen molar-refractivity contribution in [2.24, 2.45) is 0 Å². The standard InChI is InChI=1S/C16H16Cl4N2O2.CH3.Al/c17-11-3-9(15(23)13(19)5-11)7-21-1-2-22-8-10-4-12(18)6-14(20)16(10)24;;/h3-6,21-24H,1-2,7-8H2;1H3;/q;;+2/p-2. The van der Waals surface area contributed by atoms with Gasteiger partial charge in [0, 0.05) is 47.4 Å². The second-order valence-corrected chi connectivity index (χ2v) is 9.20. The van der Waals surface area contributed by atoms with E-state index in [9.17, 15) is 0 Å². The summed E-state index contributed by atoms with van der Waals surface area (Å²) >= 11 is 22.9. The third-order valence-corrected chi connectivity index (χ3v) is 5.98. The van der Waals surface area contributed by atoms with E-state index in [1.165, 1.54) is 0 Å². The molecule has 0 amide bonds. The van der Waals surface area contributed by atoms with Gasteiger partial charge < -0.3 is 18.2 Å². The van der Waals surface area contributed by atoms with Crippen LogP contribution in [0.1, 0.15) is 11.1 Å². The zero-order valence-electron chi connectivity index (χ0n) is 14.0. The maximum absolute atomic E-state index is 6.36. The number of benzene rings is 2. The minimum Gasteiger partial charge on any atom is -0.611 e. The van der Waals surface area contributed by atoms with Gasteiger partial charge in [-0.2, -0.15) is 0 Å². The van der Waals surface area contributed by atoms with E-state index >= 15 is 0 Å². The third kappa shape index (κ3) is 5.13. The topological polar surface area (TPSA) is 42.5 Å². The molecule has 3 rings (SSSR count). The summed E-state index contributed by atoms with van der Waals surface area (Å²) in [6, 6.07) is 7.04. The monoisotopic (exact) mass is 448 g/mol. The predicted octanol–water partition coefficient (Wildman–Crippen LogP) is 5.07. The van der Waals surface area contributed by atoms with Gasteiger partial charge in [-0.05, 0) is 30.1 Å². The van der Waals surface area contributed by atoms with Crippen LogP contribution < -0.4 is 18.2 Å². The number of hydrogen-bond donors (Lipinski definition) is 2. The maximum atomic E-state index is 6.36. The summed E-state index contributed by atoms with van der Waals surface area (Å²) in [4.78, 5) is 0. The molecule has 0 aromatic heterocycles. The van der Waals surface area contributed by atoms with E-state index in [1.54, 1.807) is 12.1 Å². The second-order valence-electron chi connectivity index (χ2n) is 5.91. The van der Waals surface area contributed by atoms with Crippen LogP contribution in [-0.2, 0) is 13.1 Å². The predicted molar refractivity (Wildman–Crippen MR) is 109 cm³/mol. The first-order chi connectivity index (χ1) is 12.4. The Hall–Kier alpha value is -0.348. The first-order valence-electron chi connectivity index (χ1n) is 8.14. The molecular weight excluding hydrogens is 433 g/mol. The Morgan fingerprint density at radius 2 is 1.19 bits per heavy atom.